The molecule has 0 saturated heterocycles. The Labute approximate surface area is 192 Å². The van der Waals surface area contributed by atoms with Gasteiger partial charge in [0, 0.05) is 54.2 Å². The van der Waals surface area contributed by atoms with Crippen LogP contribution < -0.4 is 5.32 Å². The minimum absolute atomic E-state index is 0.113. The number of hydrogen-bond donors (Lipinski definition) is 2. The number of pyridine rings is 2. The number of aromatic amines is 1. The molecule has 32 heavy (non-hydrogen) atoms. The Morgan fingerprint density at radius 2 is 1.91 bits per heavy atom. The van der Waals surface area contributed by atoms with Gasteiger partial charge in [0.2, 0.25) is 5.82 Å². The van der Waals surface area contributed by atoms with Crippen LogP contribution >= 0.6 is 23.2 Å². The van der Waals surface area contributed by atoms with Gasteiger partial charge in [0.25, 0.3) is 5.91 Å². The predicted octanol–water partition coefficient (Wildman–Crippen LogP) is 4.73. The number of carbonyl (C=O) groups excluding carboxylic acids is 1. The van der Waals surface area contributed by atoms with E-state index in [9.17, 15) is 4.79 Å². The molecule has 0 aliphatic carbocycles. The highest BCUT2D eigenvalue weighted by molar-refractivity contribution is 6.35. The van der Waals surface area contributed by atoms with Gasteiger partial charge in [0.15, 0.2) is 0 Å². The molecule has 0 fully saturated rings. The van der Waals surface area contributed by atoms with E-state index in [-0.39, 0.29) is 18.3 Å². The topological polar surface area (TPSA) is 96.5 Å². The van der Waals surface area contributed by atoms with Gasteiger partial charge in [0.05, 0.1) is 15.6 Å². The molecule has 0 aliphatic heterocycles. The third kappa shape index (κ3) is 4.26. The molecule has 9 heteroatoms. The van der Waals surface area contributed by atoms with Crippen LogP contribution in [0, 0.1) is 0 Å². The zero-order chi connectivity index (χ0) is 22.1. The van der Waals surface area contributed by atoms with Gasteiger partial charge < -0.3 is 10.3 Å². The van der Waals surface area contributed by atoms with E-state index in [2.05, 4.69) is 30.2 Å². The molecule has 0 saturated carbocycles. The monoisotopic (exact) mass is 462 g/mol. The largest absolute Gasteiger partial charge is 0.345 e. The first-order valence-corrected chi connectivity index (χ1v) is 10.6. The molecular weight excluding hydrogens is 447 g/mol. The van der Waals surface area contributed by atoms with Crippen molar-refractivity contribution in [2.24, 2.45) is 0 Å². The summed E-state index contributed by atoms with van der Waals surface area (Å²) in [6, 6.07) is 11.5. The minimum Gasteiger partial charge on any atom is -0.345 e. The number of rotatable bonds is 5. The van der Waals surface area contributed by atoms with Gasteiger partial charge in [-0.05, 0) is 41.5 Å². The van der Waals surface area contributed by atoms with Crippen LogP contribution in [-0.4, -0.2) is 30.8 Å². The average molecular weight is 463 g/mol. The first-order valence-electron chi connectivity index (χ1n) is 9.81. The first-order chi connectivity index (χ1) is 15.5. The minimum atomic E-state index is -0.360. The number of nitrogens with zero attached hydrogens (tertiary/aromatic N) is 4. The number of H-pyrrole nitrogens is 1. The van der Waals surface area contributed by atoms with Crippen molar-refractivity contribution >= 4 is 51.0 Å². The normalized spacial score (nSPS) is 11.2. The first kappa shape index (κ1) is 20.4. The summed E-state index contributed by atoms with van der Waals surface area (Å²) in [6.45, 7) is 0.287. The number of aromatic nitrogens is 5. The van der Waals surface area contributed by atoms with E-state index in [1.807, 2.05) is 30.3 Å². The van der Waals surface area contributed by atoms with Crippen molar-refractivity contribution in [3.8, 4) is 0 Å². The van der Waals surface area contributed by atoms with Crippen molar-refractivity contribution in [2.75, 3.05) is 0 Å². The summed E-state index contributed by atoms with van der Waals surface area (Å²) in [6.07, 6.45) is 7.14. The molecule has 0 unspecified atom stereocenters. The van der Waals surface area contributed by atoms with E-state index in [1.54, 1.807) is 30.9 Å². The molecule has 5 aromatic rings. The summed E-state index contributed by atoms with van der Waals surface area (Å²) in [7, 11) is 0. The predicted molar refractivity (Wildman–Crippen MR) is 124 cm³/mol. The van der Waals surface area contributed by atoms with Crippen LogP contribution in [-0.2, 0) is 13.0 Å². The highest BCUT2D eigenvalue weighted by Gasteiger charge is 2.11. The third-order valence-electron chi connectivity index (χ3n) is 5.00. The van der Waals surface area contributed by atoms with E-state index in [0.29, 0.717) is 22.1 Å². The number of carbonyl (C=O) groups is 1. The van der Waals surface area contributed by atoms with E-state index >= 15 is 0 Å². The SMILES string of the molecule is O=C(NCc1cnc2[nH]cc(Cl)c2c1)c1nccc(Cc2ccc3ncc(Cl)cc3c2)n1. The van der Waals surface area contributed by atoms with Crippen LogP contribution in [0.25, 0.3) is 21.9 Å². The van der Waals surface area contributed by atoms with Crippen molar-refractivity contribution < 1.29 is 4.79 Å². The lowest BCUT2D eigenvalue weighted by molar-refractivity contribution is 0.0940. The van der Waals surface area contributed by atoms with Gasteiger partial charge in [-0.3, -0.25) is 9.78 Å². The molecule has 158 valence electrons. The second kappa shape index (κ2) is 8.53. The van der Waals surface area contributed by atoms with E-state index in [1.165, 1.54) is 0 Å². The quantitative estimate of drug-likeness (QED) is 0.393. The van der Waals surface area contributed by atoms with Crippen molar-refractivity contribution in [3.63, 3.8) is 0 Å². The highest BCUT2D eigenvalue weighted by atomic mass is 35.5. The molecule has 0 bridgehead atoms. The summed E-state index contributed by atoms with van der Waals surface area (Å²) in [5.74, 6) is -0.247. The molecule has 4 heterocycles. The fourth-order valence-electron chi connectivity index (χ4n) is 3.45. The zero-order valence-electron chi connectivity index (χ0n) is 16.6. The Morgan fingerprint density at radius 3 is 2.81 bits per heavy atom. The van der Waals surface area contributed by atoms with Crippen LogP contribution in [0.5, 0.6) is 0 Å². The number of nitrogens with one attached hydrogen (secondary N) is 2. The molecule has 1 amide bonds. The maximum absolute atomic E-state index is 12.6. The summed E-state index contributed by atoms with van der Waals surface area (Å²) < 4.78 is 0. The summed E-state index contributed by atoms with van der Waals surface area (Å²) >= 11 is 12.2. The number of amides is 1. The van der Waals surface area contributed by atoms with Gasteiger partial charge in [-0.2, -0.15) is 0 Å². The van der Waals surface area contributed by atoms with E-state index < -0.39 is 0 Å². The molecular formula is C23H16Cl2N6O. The van der Waals surface area contributed by atoms with Gasteiger partial charge in [-0.15, -0.1) is 0 Å². The molecule has 1 aromatic carbocycles. The molecule has 0 spiro atoms. The molecule has 0 radical (unpaired) electrons. The Bertz CT molecular complexity index is 1470. The van der Waals surface area contributed by atoms with Crippen LogP contribution in [0.4, 0.5) is 0 Å². The van der Waals surface area contributed by atoms with Gasteiger partial charge in [-0.25, -0.2) is 15.0 Å². The summed E-state index contributed by atoms with van der Waals surface area (Å²) in [5.41, 5.74) is 4.17. The zero-order valence-corrected chi connectivity index (χ0v) is 18.2. The Morgan fingerprint density at radius 1 is 1.00 bits per heavy atom. The fraction of sp³-hybridized carbons (Fsp3) is 0.0870. The smallest absolute Gasteiger partial charge is 0.289 e. The Balaban J connectivity index is 1.29. The molecule has 2 N–H and O–H groups in total. The van der Waals surface area contributed by atoms with Gasteiger partial charge in [0.1, 0.15) is 5.65 Å². The molecule has 4 aromatic heterocycles. The van der Waals surface area contributed by atoms with Crippen molar-refractivity contribution in [2.45, 2.75) is 13.0 Å². The number of hydrogen-bond acceptors (Lipinski definition) is 5. The van der Waals surface area contributed by atoms with Crippen LogP contribution in [0.2, 0.25) is 10.0 Å². The van der Waals surface area contributed by atoms with E-state index in [4.69, 9.17) is 23.2 Å². The Hall–Kier alpha value is -3.55. The van der Waals surface area contributed by atoms with Gasteiger partial charge >= 0.3 is 0 Å². The van der Waals surface area contributed by atoms with Crippen LogP contribution in [0.15, 0.2) is 61.2 Å². The average Bonchev–Trinajstić information content (AvgIpc) is 3.17. The molecule has 0 aliphatic rings. The van der Waals surface area contributed by atoms with Crippen LogP contribution in [0.3, 0.4) is 0 Å². The lowest BCUT2D eigenvalue weighted by atomic mass is 10.1. The fourth-order valence-corrected chi connectivity index (χ4v) is 3.81. The molecule has 0 atom stereocenters. The molecule has 7 nitrogen and oxygen atoms in total. The lowest BCUT2D eigenvalue weighted by Crippen LogP contribution is -2.25. The maximum atomic E-state index is 12.6. The second-order valence-corrected chi connectivity index (χ2v) is 8.13. The van der Waals surface area contributed by atoms with Crippen LogP contribution in [0.1, 0.15) is 27.4 Å². The number of benzene rings is 1. The Kier molecular flexibility index (Phi) is 5.43. The second-order valence-electron chi connectivity index (χ2n) is 7.29. The van der Waals surface area contributed by atoms with Gasteiger partial charge in [-0.1, -0.05) is 29.3 Å². The molecule has 5 rings (SSSR count). The number of halogens is 2. The number of fused-ring (bicyclic) bond motifs is 2. The van der Waals surface area contributed by atoms with E-state index in [0.717, 1.165) is 33.1 Å². The van der Waals surface area contributed by atoms with Crippen molar-refractivity contribution in [1.29, 1.82) is 0 Å². The third-order valence-corrected chi connectivity index (χ3v) is 5.52. The summed E-state index contributed by atoms with van der Waals surface area (Å²) in [4.78, 5) is 32.7. The van der Waals surface area contributed by atoms with Crippen molar-refractivity contribution in [1.82, 2.24) is 30.2 Å². The highest BCUT2D eigenvalue weighted by Crippen LogP contribution is 2.22. The summed E-state index contributed by atoms with van der Waals surface area (Å²) in [5, 5.41) is 5.77. The lowest BCUT2D eigenvalue weighted by Gasteiger charge is -2.07. The standard InChI is InChI=1S/C23H16Cl2N6O/c24-16-8-15-5-13(1-2-20(15)27-11-16)6-17-3-4-26-22(31-17)23(32)30-10-14-7-18-19(25)12-29-21(18)28-9-14/h1-5,7-9,11-12H,6,10H2,(H,28,29)(H,30,32). The van der Waals surface area contributed by atoms with Crippen molar-refractivity contribution in [3.05, 3.63) is 93.9 Å². The maximum Gasteiger partial charge on any atom is 0.289 e.